The molecule has 1 aliphatic rings. The van der Waals surface area contributed by atoms with Crippen LogP contribution in [0.15, 0.2) is 24.3 Å². The zero-order chi connectivity index (χ0) is 9.26. The first kappa shape index (κ1) is 8.76. The molecule has 0 unspecified atom stereocenters. The second-order valence-corrected chi connectivity index (χ2v) is 3.97. The first-order valence-corrected chi connectivity index (χ1v) is 4.90. The molecule has 1 nitrogen and oxygen atoms in total. The van der Waals surface area contributed by atoms with Gasteiger partial charge in [-0.3, -0.25) is 4.79 Å². The fraction of sp³-hybridized carbons (Fsp3) is 0.364. The molecule has 2 rings (SSSR count). The molecule has 1 aromatic carbocycles. The minimum Gasteiger partial charge on any atom is -0.300 e. The lowest BCUT2D eigenvalue weighted by molar-refractivity contribution is -0.117. The maximum atomic E-state index is 11.1. The molecule has 0 aromatic heterocycles. The van der Waals surface area contributed by atoms with Crippen LogP contribution in [0.3, 0.4) is 0 Å². The van der Waals surface area contributed by atoms with E-state index >= 15 is 0 Å². The van der Waals surface area contributed by atoms with Crippen molar-refractivity contribution in [2.24, 2.45) is 0 Å². The van der Waals surface area contributed by atoms with Crippen molar-refractivity contribution in [2.45, 2.75) is 25.2 Å². The van der Waals surface area contributed by atoms with Gasteiger partial charge in [0.25, 0.3) is 0 Å². The third kappa shape index (κ3) is 1.92. The van der Waals surface area contributed by atoms with E-state index in [2.05, 4.69) is 0 Å². The molecule has 2 heteroatoms. The van der Waals surface area contributed by atoms with Crippen molar-refractivity contribution in [3.63, 3.8) is 0 Å². The lowest BCUT2D eigenvalue weighted by Gasteiger charge is -2.07. The average molecular weight is 195 g/mol. The van der Waals surface area contributed by atoms with Crippen molar-refractivity contribution in [3.05, 3.63) is 34.9 Å². The summed E-state index contributed by atoms with van der Waals surface area (Å²) in [6.07, 6.45) is 2.45. The predicted molar refractivity (Wildman–Crippen MR) is 53.1 cm³/mol. The summed E-state index contributed by atoms with van der Waals surface area (Å²) in [6.45, 7) is 0. The lowest BCUT2D eigenvalue weighted by Crippen LogP contribution is -1.93. The van der Waals surface area contributed by atoms with Crippen LogP contribution in [0.4, 0.5) is 0 Å². The Labute approximate surface area is 82.7 Å². The molecular weight excluding hydrogens is 184 g/mol. The van der Waals surface area contributed by atoms with Crippen LogP contribution in [0.2, 0.25) is 5.02 Å². The van der Waals surface area contributed by atoms with Gasteiger partial charge in [-0.25, -0.2) is 0 Å². The molecule has 0 saturated heterocycles. The molecular formula is C11H11ClO. The highest BCUT2D eigenvalue weighted by molar-refractivity contribution is 6.30. The summed E-state index contributed by atoms with van der Waals surface area (Å²) in [5.41, 5.74) is 1.25. The van der Waals surface area contributed by atoms with E-state index in [4.69, 9.17) is 11.6 Å². The average Bonchev–Trinajstić information content (AvgIpc) is 2.53. The molecule has 1 atom stereocenters. The molecule has 0 bridgehead atoms. The topological polar surface area (TPSA) is 17.1 Å². The molecule has 0 radical (unpaired) electrons. The Bertz CT molecular complexity index is 315. The van der Waals surface area contributed by atoms with Crippen LogP contribution in [0.25, 0.3) is 0 Å². The predicted octanol–water partition coefficient (Wildman–Crippen LogP) is 3.18. The van der Waals surface area contributed by atoms with Gasteiger partial charge in [0, 0.05) is 17.9 Å². The Hall–Kier alpha value is -0.820. The number of ketones is 1. The van der Waals surface area contributed by atoms with Crippen LogP contribution in [0.5, 0.6) is 0 Å². The van der Waals surface area contributed by atoms with Gasteiger partial charge in [0.2, 0.25) is 0 Å². The highest BCUT2D eigenvalue weighted by Crippen LogP contribution is 2.32. The quantitative estimate of drug-likeness (QED) is 0.671. The van der Waals surface area contributed by atoms with Gasteiger partial charge in [-0.1, -0.05) is 23.7 Å². The van der Waals surface area contributed by atoms with Crippen LogP contribution in [0, 0.1) is 0 Å². The number of carbonyl (C=O) groups is 1. The molecule has 0 N–H and O–H groups in total. The third-order valence-corrected chi connectivity index (χ3v) is 2.84. The smallest absolute Gasteiger partial charge is 0.133 e. The van der Waals surface area contributed by atoms with E-state index in [0.717, 1.165) is 17.9 Å². The number of hydrogen-bond donors (Lipinski definition) is 0. The Balaban J connectivity index is 2.17. The molecule has 0 amide bonds. The van der Waals surface area contributed by atoms with E-state index in [-0.39, 0.29) is 0 Å². The Morgan fingerprint density at radius 3 is 2.46 bits per heavy atom. The Morgan fingerprint density at radius 1 is 1.23 bits per heavy atom. The van der Waals surface area contributed by atoms with Gasteiger partial charge >= 0.3 is 0 Å². The van der Waals surface area contributed by atoms with Crippen molar-refractivity contribution in [2.75, 3.05) is 0 Å². The molecule has 0 heterocycles. The highest BCUT2D eigenvalue weighted by atomic mass is 35.5. The van der Waals surface area contributed by atoms with Gasteiger partial charge in [-0.15, -0.1) is 0 Å². The first-order chi connectivity index (χ1) is 6.25. The van der Waals surface area contributed by atoms with Gasteiger partial charge in [-0.2, -0.15) is 0 Å². The Morgan fingerprint density at radius 2 is 1.92 bits per heavy atom. The number of hydrogen-bond acceptors (Lipinski definition) is 1. The standard InChI is InChI=1S/C11H11ClO/c12-10-4-1-8(2-5-10)9-3-6-11(13)7-9/h1-2,4-5,9H,3,6-7H2/t9-/m0/s1. The van der Waals surface area contributed by atoms with E-state index < -0.39 is 0 Å². The maximum Gasteiger partial charge on any atom is 0.133 e. The molecule has 13 heavy (non-hydrogen) atoms. The largest absolute Gasteiger partial charge is 0.300 e. The van der Waals surface area contributed by atoms with Gasteiger partial charge in [-0.05, 0) is 30.0 Å². The molecule has 1 aliphatic carbocycles. The fourth-order valence-corrected chi connectivity index (χ4v) is 1.96. The van der Waals surface area contributed by atoms with Crippen LogP contribution >= 0.6 is 11.6 Å². The first-order valence-electron chi connectivity index (χ1n) is 4.53. The molecule has 0 aliphatic heterocycles. The highest BCUT2D eigenvalue weighted by Gasteiger charge is 2.22. The van der Waals surface area contributed by atoms with E-state index in [1.165, 1.54) is 5.56 Å². The van der Waals surface area contributed by atoms with Crippen molar-refractivity contribution >= 4 is 17.4 Å². The van der Waals surface area contributed by atoms with Gasteiger partial charge in [0.15, 0.2) is 0 Å². The third-order valence-electron chi connectivity index (χ3n) is 2.59. The van der Waals surface area contributed by atoms with Crippen LogP contribution in [-0.2, 0) is 4.79 Å². The van der Waals surface area contributed by atoms with Crippen molar-refractivity contribution in [1.82, 2.24) is 0 Å². The minimum absolute atomic E-state index is 0.389. The number of carbonyl (C=O) groups excluding carboxylic acids is 1. The summed E-state index contributed by atoms with van der Waals surface area (Å²) in [4.78, 5) is 11.1. The molecule has 1 fully saturated rings. The SMILES string of the molecule is O=C1CC[C@H](c2ccc(Cl)cc2)C1. The van der Waals surface area contributed by atoms with E-state index in [9.17, 15) is 4.79 Å². The zero-order valence-electron chi connectivity index (χ0n) is 7.29. The van der Waals surface area contributed by atoms with Crippen LogP contribution in [0.1, 0.15) is 30.7 Å². The summed E-state index contributed by atoms with van der Waals surface area (Å²) < 4.78 is 0. The van der Waals surface area contributed by atoms with Crippen molar-refractivity contribution < 1.29 is 4.79 Å². The van der Waals surface area contributed by atoms with Crippen LogP contribution in [-0.4, -0.2) is 5.78 Å². The summed E-state index contributed by atoms with van der Waals surface area (Å²) in [7, 11) is 0. The normalized spacial score (nSPS) is 22.2. The van der Waals surface area contributed by atoms with Crippen molar-refractivity contribution in [1.29, 1.82) is 0 Å². The monoisotopic (exact) mass is 194 g/mol. The number of rotatable bonds is 1. The summed E-state index contributed by atoms with van der Waals surface area (Å²) >= 11 is 5.78. The van der Waals surface area contributed by atoms with Gasteiger partial charge in [0.05, 0.1) is 0 Å². The molecule has 0 spiro atoms. The van der Waals surface area contributed by atoms with Crippen molar-refractivity contribution in [3.8, 4) is 0 Å². The van der Waals surface area contributed by atoms with E-state index in [1.54, 1.807) is 0 Å². The number of halogens is 1. The summed E-state index contributed by atoms with van der Waals surface area (Å²) in [5, 5.41) is 0.757. The van der Waals surface area contributed by atoms with E-state index in [1.807, 2.05) is 24.3 Å². The molecule has 68 valence electrons. The number of Topliss-reactive ketones (excluding diaryl/α,β-unsaturated/α-hetero) is 1. The molecule has 1 aromatic rings. The summed E-state index contributed by atoms with van der Waals surface area (Å²) in [6, 6.07) is 7.82. The minimum atomic E-state index is 0.389. The maximum absolute atomic E-state index is 11.1. The van der Waals surface area contributed by atoms with E-state index in [0.29, 0.717) is 18.1 Å². The van der Waals surface area contributed by atoms with Gasteiger partial charge < -0.3 is 0 Å². The fourth-order valence-electron chi connectivity index (χ4n) is 1.83. The second-order valence-electron chi connectivity index (χ2n) is 3.53. The van der Waals surface area contributed by atoms with Gasteiger partial charge in [0.1, 0.15) is 5.78 Å². The second kappa shape index (κ2) is 3.51. The van der Waals surface area contributed by atoms with Crippen LogP contribution < -0.4 is 0 Å². The zero-order valence-corrected chi connectivity index (χ0v) is 8.05. The Kier molecular flexibility index (Phi) is 2.36. The molecule has 1 saturated carbocycles. The summed E-state index contributed by atoms with van der Waals surface area (Å²) in [5.74, 6) is 0.824. The number of benzene rings is 1. The lowest BCUT2D eigenvalue weighted by atomic mass is 9.98.